The minimum atomic E-state index is -0.0952. The summed E-state index contributed by atoms with van der Waals surface area (Å²) in [6, 6.07) is 12.2. The van der Waals surface area contributed by atoms with Gasteiger partial charge in [-0.2, -0.15) is 0 Å². The molecule has 0 saturated carbocycles. The van der Waals surface area contributed by atoms with E-state index in [2.05, 4.69) is 52.2 Å². The van der Waals surface area contributed by atoms with Gasteiger partial charge in [0.15, 0.2) is 5.13 Å². The zero-order valence-corrected chi connectivity index (χ0v) is 16.9. The quantitative estimate of drug-likeness (QED) is 0.725. The summed E-state index contributed by atoms with van der Waals surface area (Å²) in [5.74, 6) is 0.959. The standard InChI is InChI=1S/C21H23N5OS/c1-15-6-7-17(16(2)13-15)18-14-23-20(28-18)24-21(27)26-11-9-25(10-12-26)19-5-3-4-8-22-19/h3-8,13-14H,9-12H2,1-2H3,(H,23,24,27). The summed E-state index contributed by atoms with van der Waals surface area (Å²) >= 11 is 1.51. The molecule has 1 saturated heterocycles. The molecule has 28 heavy (non-hydrogen) atoms. The molecule has 1 fully saturated rings. The van der Waals surface area contributed by atoms with Crippen molar-refractivity contribution in [3.05, 3.63) is 59.9 Å². The maximum Gasteiger partial charge on any atom is 0.323 e. The van der Waals surface area contributed by atoms with E-state index >= 15 is 0 Å². The van der Waals surface area contributed by atoms with Gasteiger partial charge >= 0.3 is 6.03 Å². The van der Waals surface area contributed by atoms with Crippen LogP contribution in [0, 0.1) is 13.8 Å². The second kappa shape index (κ2) is 7.98. The molecule has 0 bridgehead atoms. The van der Waals surface area contributed by atoms with Crippen LogP contribution >= 0.6 is 11.3 Å². The summed E-state index contributed by atoms with van der Waals surface area (Å²) in [6.45, 7) is 7.06. The number of urea groups is 1. The van der Waals surface area contributed by atoms with E-state index in [1.165, 1.54) is 22.5 Å². The van der Waals surface area contributed by atoms with Gasteiger partial charge in [0.1, 0.15) is 5.82 Å². The minimum absolute atomic E-state index is 0.0952. The highest BCUT2D eigenvalue weighted by Crippen LogP contribution is 2.31. The van der Waals surface area contributed by atoms with Crippen LogP contribution in [-0.4, -0.2) is 47.1 Å². The molecule has 7 heteroatoms. The number of carbonyl (C=O) groups is 1. The number of aromatic nitrogens is 2. The molecule has 4 rings (SSSR count). The van der Waals surface area contributed by atoms with Crippen LogP contribution in [0.3, 0.4) is 0 Å². The van der Waals surface area contributed by atoms with Gasteiger partial charge < -0.3 is 9.80 Å². The SMILES string of the molecule is Cc1ccc(-c2cnc(NC(=O)N3CCN(c4ccccn4)CC3)s2)c(C)c1. The van der Waals surface area contributed by atoms with E-state index < -0.39 is 0 Å². The number of hydrogen-bond donors (Lipinski definition) is 1. The zero-order valence-electron chi connectivity index (χ0n) is 16.1. The van der Waals surface area contributed by atoms with Crippen molar-refractivity contribution >= 4 is 28.3 Å². The first-order chi connectivity index (χ1) is 13.6. The van der Waals surface area contributed by atoms with Crippen LogP contribution in [0.1, 0.15) is 11.1 Å². The van der Waals surface area contributed by atoms with E-state index in [-0.39, 0.29) is 6.03 Å². The van der Waals surface area contributed by atoms with Gasteiger partial charge in [0.2, 0.25) is 0 Å². The second-order valence-electron chi connectivity index (χ2n) is 6.94. The number of aryl methyl sites for hydroxylation is 2. The Kier molecular flexibility index (Phi) is 5.25. The number of piperazine rings is 1. The topological polar surface area (TPSA) is 61.4 Å². The Balaban J connectivity index is 1.36. The summed E-state index contributed by atoms with van der Waals surface area (Å²) in [4.78, 5) is 26.5. The van der Waals surface area contributed by atoms with Crippen LogP contribution in [0.2, 0.25) is 0 Å². The Labute approximate surface area is 168 Å². The predicted molar refractivity (Wildman–Crippen MR) is 114 cm³/mol. The van der Waals surface area contributed by atoms with Crippen molar-refractivity contribution in [2.45, 2.75) is 13.8 Å². The number of hydrogen-bond acceptors (Lipinski definition) is 5. The van der Waals surface area contributed by atoms with Crippen LogP contribution in [0.15, 0.2) is 48.8 Å². The number of benzene rings is 1. The highest BCUT2D eigenvalue weighted by atomic mass is 32.1. The van der Waals surface area contributed by atoms with Gasteiger partial charge in [-0.25, -0.2) is 14.8 Å². The predicted octanol–water partition coefficient (Wildman–Crippen LogP) is 4.18. The molecule has 3 aromatic rings. The molecule has 144 valence electrons. The number of anilines is 2. The van der Waals surface area contributed by atoms with E-state index in [0.29, 0.717) is 18.2 Å². The maximum absolute atomic E-state index is 12.6. The number of amides is 2. The molecule has 2 amide bonds. The lowest BCUT2D eigenvalue weighted by Gasteiger charge is -2.35. The minimum Gasteiger partial charge on any atom is -0.353 e. The van der Waals surface area contributed by atoms with Gasteiger partial charge in [0, 0.05) is 38.6 Å². The molecule has 1 aromatic carbocycles. The Morgan fingerprint density at radius 3 is 2.61 bits per heavy atom. The van der Waals surface area contributed by atoms with Crippen molar-refractivity contribution in [3.63, 3.8) is 0 Å². The van der Waals surface area contributed by atoms with Crippen LogP contribution in [0.4, 0.5) is 15.7 Å². The molecular formula is C21H23N5OS. The number of carbonyl (C=O) groups excluding carboxylic acids is 1. The first kappa shape index (κ1) is 18.4. The molecule has 0 atom stereocenters. The fourth-order valence-corrected chi connectivity index (χ4v) is 4.29. The van der Waals surface area contributed by atoms with Crippen molar-refractivity contribution in [2.75, 3.05) is 36.4 Å². The smallest absolute Gasteiger partial charge is 0.323 e. The van der Waals surface area contributed by atoms with Crippen LogP contribution in [0.25, 0.3) is 10.4 Å². The first-order valence-electron chi connectivity index (χ1n) is 9.35. The molecule has 0 radical (unpaired) electrons. The maximum atomic E-state index is 12.6. The monoisotopic (exact) mass is 393 g/mol. The van der Waals surface area contributed by atoms with Crippen molar-refractivity contribution in [1.29, 1.82) is 0 Å². The molecule has 1 aliphatic heterocycles. The highest BCUT2D eigenvalue weighted by Gasteiger charge is 2.22. The molecule has 0 spiro atoms. The van der Waals surface area contributed by atoms with Crippen molar-refractivity contribution in [1.82, 2.24) is 14.9 Å². The molecule has 1 aliphatic rings. The third-order valence-corrected chi connectivity index (χ3v) is 5.85. The average molecular weight is 394 g/mol. The van der Waals surface area contributed by atoms with Crippen molar-refractivity contribution in [3.8, 4) is 10.4 Å². The molecule has 1 N–H and O–H groups in total. The lowest BCUT2D eigenvalue weighted by Crippen LogP contribution is -2.50. The zero-order chi connectivity index (χ0) is 19.5. The van der Waals surface area contributed by atoms with Crippen LogP contribution in [0.5, 0.6) is 0 Å². The Morgan fingerprint density at radius 2 is 1.89 bits per heavy atom. The third kappa shape index (κ3) is 3.99. The van der Waals surface area contributed by atoms with Gasteiger partial charge in [-0.15, -0.1) is 0 Å². The fourth-order valence-electron chi connectivity index (χ4n) is 3.40. The number of thiazole rings is 1. The number of nitrogens with one attached hydrogen (secondary N) is 1. The summed E-state index contributed by atoms with van der Waals surface area (Å²) in [7, 11) is 0. The van der Waals surface area contributed by atoms with E-state index in [1.54, 1.807) is 6.20 Å². The average Bonchev–Trinajstić information content (AvgIpc) is 3.17. The molecule has 0 unspecified atom stereocenters. The van der Waals surface area contributed by atoms with Crippen molar-refractivity contribution in [2.24, 2.45) is 0 Å². The Morgan fingerprint density at radius 1 is 1.07 bits per heavy atom. The van der Waals surface area contributed by atoms with Crippen LogP contribution < -0.4 is 10.2 Å². The van der Waals surface area contributed by atoms with E-state index in [0.717, 1.165) is 29.3 Å². The third-order valence-electron chi connectivity index (χ3n) is 4.91. The normalized spacial score (nSPS) is 14.2. The second-order valence-corrected chi connectivity index (χ2v) is 7.97. The lowest BCUT2D eigenvalue weighted by molar-refractivity contribution is 0.208. The summed E-state index contributed by atoms with van der Waals surface area (Å²) < 4.78 is 0. The Hall–Kier alpha value is -2.93. The van der Waals surface area contributed by atoms with Crippen LogP contribution in [-0.2, 0) is 0 Å². The van der Waals surface area contributed by atoms with E-state index in [9.17, 15) is 4.79 Å². The largest absolute Gasteiger partial charge is 0.353 e. The fraction of sp³-hybridized carbons (Fsp3) is 0.286. The molecular weight excluding hydrogens is 370 g/mol. The summed E-state index contributed by atoms with van der Waals surface area (Å²) in [5, 5.41) is 3.58. The molecule has 6 nitrogen and oxygen atoms in total. The van der Waals surface area contributed by atoms with Gasteiger partial charge in [0.05, 0.1) is 4.88 Å². The van der Waals surface area contributed by atoms with Gasteiger partial charge in [-0.1, -0.05) is 41.2 Å². The van der Waals surface area contributed by atoms with Gasteiger partial charge in [0.25, 0.3) is 0 Å². The summed E-state index contributed by atoms with van der Waals surface area (Å²) in [5.41, 5.74) is 3.61. The molecule has 3 heterocycles. The number of nitrogens with zero attached hydrogens (tertiary/aromatic N) is 4. The van der Waals surface area contributed by atoms with E-state index in [1.807, 2.05) is 29.3 Å². The molecule has 2 aromatic heterocycles. The molecule has 0 aliphatic carbocycles. The van der Waals surface area contributed by atoms with Gasteiger partial charge in [-0.05, 0) is 37.1 Å². The van der Waals surface area contributed by atoms with E-state index in [4.69, 9.17) is 0 Å². The number of rotatable bonds is 3. The van der Waals surface area contributed by atoms with Crippen molar-refractivity contribution < 1.29 is 4.79 Å². The van der Waals surface area contributed by atoms with Gasteiger partial charge in [-0.3, -0.25) is 5.32 Å². The Bertz CT molecular complexity index is 964. The summed E-state index contributed by atoms with van der Waals surface area (Å²) in [6.07, 6.45) is 3.63. The lowest BCUT2D eigenvalue weighted by atomic mass is 10.1. The first-order valence-corrected chi connectivity index (χ1v) is 10.2. The highest BCUT2D eigenvalue weighted by molar-refractivity contribution is 7.19. The number of pyridine rings is 1.